The number of ketones is 1. The van der Waals surface area contributed by atoms with Crippen molar-refractivity contribution in [1.29, 1.82) is 0 Å². The number of rotatable bonds is 5. The summed E-state index contributed by atoms with van der Waals surface area (Å²) in [6, 6.07) is 0. The number of esters is 1. The van der Waals surface area contributed by atoms with Crippen molar-refractivity contribution in [2.24, 2.45) is 28.6 Å². The van der Waals surface area contributed by atoms with E-state index in [1.54, 1.807) is 6.92 Å². The van der Waals surface area contributed by atoms with Gasteiger partial charge in [-0.15, -0.1) is 12.6 Å². The van der Waals surface area contributed by atoms with Crippen LogP contribution in [0.4, 0.5) is 4.39 Å². The van der Waals surface area contributed by atoms with E-state index in [2.05, 4.69) is 31.8 Å². The van der Waals surface area contributed by atoms with Crippen molar-refractivity contribution in [3.8, 4) is 0 Å². The lowest BCUT2D eigenvalue weighted by molar-refractivity contribution is -0.187. The Morgan fingerprint density at radius 3 is 2.42 bits per heavy atom. The number of fused-ring (bicyclic) bond motifs is 3. The summed E-state index contributed by atoms with van der Waals surface area (Å²) >= 11 is 4.21. The number of nitrogens with one attached hydrogen (secondary N) is 1. The molecule has 200 valence electrons. The van der Waals surface area contributed by atoms with E-state index in [0.717, 1.165) is 13.1 Å². The molecule has 4 aliphatic carbocycles. The second-order valence-electron chi connectivity index (χ2n) is 11.4. The predicted octanol–water partition coefficient (Wildman–Crippen LogP) is 4.38. The summed E-state index contributed by atoms with van der Waals surface area (Å²) in [6.45, 7) is 14.0. The van der Waals surface area contributed by atoms with Crippen LogP contribution in [0.2, 0.25) is 0 Å². The van der Waals surface area contributed by atoms with Crippen molar-refractivity contribution in [2.45, 2.75) is 90.7 Å². The van der Waals surface area contributed by atoms with Crippen LogP contribution in [0.25, 0.3) is 0 Å². The van der Waals surface area contributed by atoms with Gasteiger partial charge in [-0.05, 0) is 68.8 Å². The van der Waals surface area contributed by atoms with E-state index < -0.39 is 39.3 Å². The fourth-order valence-electron chi connectivity index (χ4n) is 8.18. The summed E-state index contributed by atoms with van der Waals surface area (Å²) in [7, 11) is 0. The molecule has 36 heavy (non-hydrogen) atoms. The number of carbonyl (C=O) groups excluding carboxylic acids is 3. The number of halogens is 1. The average Bonchev–Trinajstić information content (AvgIpc) is 3.50. The zero-order valence-electron chi connectivity index (χ0n) is 22.2. The van der Waals surface area contributed by atoms with Crippen LogP contribution in [0.5, 0.6) is 0 Å². The molecule has 1 N–H and O–H groups in total. The summed E-state index contributed by atoms with van der Waals surface area (Å²) in [6.07, 6.45) is 4.89. The van der Waals surface area contributed by atoms with Crippen LogP contribution in [0, 0.1) is 28.6 Å². The molecule has 3 saturated carbocycles. The van der Waals surface area contributed by atoms with Crippen LogP contribution >= 0.6 is 12.6 Å². The van der Waals surface area contributed by atoms with Crippen LogP contribution in [-0.2, 0) is 23.9 Å². The van der Waals surface area contributed by atoms with Crippen LogP contribution in [0.1, 0.15) is 67.2 Å². The van der Waals surface area contributed by atoms with Gasteiger partial charge in [-0.3, -0.25) is 14.4 Å². The lowest BCUT2D eigenvalue weighted by Gasteiger charge is -2.56. The molecule has 0 aromatic heterocycles. The summed E-state index contributed by atoms with van der Waals surface area (Å²) in [5.41, 5.74) is -2.84. The molecule has 4 fully saturated rings. The van der Waals surface area contributed by atoms with E-state index >= 15 is 4.39 Å². The van der Waals surface area contributed by atoms with Gasteiger partial charge < -0.3 is 14.8 Å². The Labute approximate surface area is 219 Å². The third kappa shape index (κ3) is 3.53. The summed E-state index contributed by atoms with van der Waals surface area (Å²) in [5.74, 6) is -1.07. The average molecular weight is 522 g/mol. The Morgan fingerprint density at radius 2 is 1.86 bits per heavy atom. The van der Waals surface area contributed by atoms with Gasteiger partial charge in [-0.2, -0.15) is 0 Å². The van der Waals surface area contributed by atoms with Gasteiger partial charge in [-0.1, -0.05) is 40.7 Å². The molecule has 5 unspecified atom stereocenters. The number of carbonyl (C=O) groups is 3. The SMILES string of the molecule is CCC(=O)O[C@]1(C(=O)S)[C@H](C)CC2C3C[C@H](F)C4=CC(=O)C=CC4(C)C34O[C@H]4CC21C.CCNCC. The molecular weight excluding hydrogens is 481 g/mol. The number of alkyl halides is 1. The standard InChI is InChI=1S/C24H29FO5S.C4H11N/c1-5-19(27)30-23(20(28)31)12(2)8-14-15-10-17(25)16-9-13(26)6-7-21(16,3)24(15)18(29-24)11-22(14,23)4;1-3-5-4-2/h6-7,9,12,14-15,17-18H,5,8,10-11H2,1-4H3,(H,28,31);5H,3-4H2,1-2H3/t12-,14?,15?,17+,18+,21?,22?,23+,24?;/m1./s1. The normalized spacial score (nSPS) is 45.7. The Morgan fingerprint density at radius 1 is 1.19 bits per heavy atom. The van der Waals surface area contributed by atoms with Gasteiger partial charge in [0.25, 0.3) is 0 Å². The largest absolute Gasteiger partial charge is 0.449 e. The summed E-state index contributed by atoms with van der Waals surface area (Å²) in [4.78, 5) is 37.3. The zero-order chi connectivity index (χ0) is 26.7. The van der Waals surface area contributed by atoms with Crippen LogP contribution in [0.3, 0.4) is 0 Å². The Bertz CT molecular complexity index is 1010. The van der Waals surface area contributed by atoms with Crippen LogP contribution in [0.15, 0.2) is 23.8 Å². The van der Waals surface area contributed by atoms with Crippen molar-refractivity contribution in [1.82, 2.24) is 5.32 Å². The number of hydrogen-bond acceptors (Lipinski definition) is 6. The molecule has 1 heterocycles. The molecule has 0 amide bonds. The fraction of sp³-hybridized carbons (Fsp3) is 0.750. The number of allylic oxidation sites excluding steroid dienone is 2. The van der Waals surface area contributed by atoms with Gasteiger partial charge in [-0.25, -0.2) is 4.39 Å². The first-order valence-corrected chi connectivity index (χ1v) is 13.8. The summed E-state index contributed by atoms with van der Waals surface area (Å²) < 4.78 is 27.9. The minimum atomic E-state index is -1.35. The Hall–Kier alpha value is -1.51. The van der Waals surface area contributed by atoms with Gasteiger partial charge >= 0.3 is 5.97 Å². The number of thiol groups is 1. The highest BCUT2D eigenvalue weighted by Gasteiger charge is 2.83. The fourth-order valence-corrected chi connectivity index (χ4v) is 8.70. The molecule has 8 heteroatoms. The lowest BCUT2D eigenvalue weighted by Crippen LogP contribution is -2.63. The molecule has 6 nitrogen and oxygen atoms in total. The van der Waals surface area contributed by atoms with Crippen molar-refractivity contribution in [2.75, 3.05) is 13.1 Å². The first kappa shape index (κ1) is 27.5. The molecule has 9 atom stereocenters. The molecule has 0 aromatic carbocycles. The Kier molecular flexibility index (Phi) is 7.15. The Balaban J connectivity index is 0.000000556. The molecule has 5 rings (SSSR count). The topological polar surface area (TPSA) is 85.0 Å². The van der Waals surface area contributed by atoms with E-state index in [-0.39, 0.29) is 42.5 Å². The van der Waals surface area contributed by atoms with Gasteiger partial charge in [0.15, 0.2) is 11.4 Å². The van der Waals surface area contributed by atoms with E-state index in [0.29, 0.717) is 18.4 Å². The molecule has 1 spiro atoms. The van der Waals surface area contributed by atoms with Gasteiger partial charge in [0, 0.05) is 23.2 Å². The zero-order valence-corrected chi connectivity index (χ0v) is 23.1. The maximum atomic E-state index is 15.5. The van der Waals surface area contributed by atoms with Gasteiger partial charge in [0.05, 0.1) is 6.10 Å². The van der Waals surface area contributed by atoms with Crippen molar-refractivity contribution in [3.63, 3.8) is 0 Å². The lowest BCUT2D eigenvalue weighted by atomic mass is 9.46. The molecule has 1 aliphatic heterocycles. The highest BCUT2D eigenvalue weighted by atomic mass is 32.1. The highest BCUT2D eigenvalue weighted by Crippen LogP contribution is 2.77. The molecular formula is C28H40FNO5S. The molecule has 1 saturated heterocycles. The molecule has 5 aliphatic rings. The second-order valence-corrected chi connectivity index (χ2v) is 11.8. The van der Waals surface area contributed by atoms with E-state index in [1.807, 2.05) is 26.8 Å². The van der Waals surface area contributed by atoms with E-state index in [1.165, 1.54) is 12.2 Å². The smallest absolute Gasteiger partial charge is 0.306 e. The number of ether oxygens (including phenoxy) is 2. The first-order valence-electron chi connectivity index (χ1n) is 13.3. The number of hydrogen-bond donors (Lipinski definition) is 2. The quantitative estimate of drug-likeness (QED) is 0.317. The van der Waals surface area contributed by atoms with Crippen LogP contribution < -0.4 is 5.32 Å². The van der Waals surface area contributed by atoms with E-state index in [4.69, 9.17) is 9.47 Å². The van der Waals surface area contributed by atoms with Gasteiger partial charge in [0.2, 0.25) is 5.12 Å². The van der Waals surface area contributed by atoms with Crippen LogP contribution in [-0.4, -0.2) is 53.4 Å². The van der Waals surface area contributed by atoms with Crippen molar-refractivity contribution < 1.29 is 28.2 Å². The number of epoxide rings is 1. The van der Waals surface area contributed by atoms with Crippen molar-refractivity contribution >= 4 is 29.5 Å². The monoisotopic (exact) mass is 521 g/mol. The minimum Gasteiger partial charge on any atom is -0.449 e. The highest BCUT2D eigenvalue weighted by molar-refractivity contribution is 7.96. The molecule has 0 aromatic rings. The molecule has 0 bridgehead atoms. The minimum absolute atomic E-state index is 0.0651. The third-order valence-corrected chi connectivity index (χ3v) is 10.2. The van der Waals surface area contributed by atoms with Crippen molar-refractivity contribution in [3.05, 3.63) is 23.8 Å². The van der Waals surface area contributed by atoms with E-state index in [9.17, 15) is 14.4 Å². The maximum absolute atomic E-state index is 15.5. The molecule has 0 radical (unpaired) electrons. The first-order chi connectivity index (χ1) is 16.9. The predicted molar refractivity (Wildman–Crippen MR) is 138 cm³/mol. The second kappa shape index (κ2) is 9.35. The van der Waals surface area contributed by atoms with Gasteiger partial charge in [0.1, 0.15) is 11.8 Å². The summed E-state index contributed by atoms with van der Waals surface area (Å²) in [5, 5.41) is 2.67. The third-order valence-electron chi connectivity index (χ3n) is 9.84. The maximum Gasteiger partial charge on any atom is 0.306 e.